The van der Waals surface area contributed by atoms with E-state index in [2.05, 4.69) is 5.32 Å². The van der Waals surface area contributed by atoms with Crippen LogP contribution in [0.4, 0.5) is 13.2 Å². The number of rotatable bonds is 5. The van der Waals surface area contributed by atoms with Crippen LogP contribution in [-0.2, 0) is 34.2 Å². The number of aryl methyl sites for hydroxylation is 1. The monoisotopic (exact) mass is 365 g/mol. The molecule has 0 saturated carbocycles. The first-order chi connectivity index (χ1) is 12.4. The summed E-state index contributed by atoms with van der Waals surface area (Å²) in [6.45, 7) is 0. The molecule has 0 aliphatic carbocycles. The zero-order valence-corrected chi connectivity index (χ0v) is 14.8. The number of hydrogen-bond acceptors (Lipinski definition) is 3. The number of fused-ring (bicyclic) bond motifs is 1. The highest BCUT2D eigenvalue weighted by atomic mass is 19.4. The van der Waals surface area contributed by atoms with Gasteiger partial charge in [0.15, 0.2) is 0 Å². The van der Waals surface area contributed by atoms with E-state index in [0.717, 1.165) is 35.2 Å². The number of ether oxygens (including phenoxy) is 2. The molecular formula is C20H22F3NO2. The van der Waals surface area contributed by atoms with Crippen molar-refractivity contribution in [2.45, 2.75) is 37.4 Å². The van der Waals surface area contributed by atoms with E-state index in [9.17, 15) is 13.2 Å². The molecule has 0 amide bonds. The number of nitrogens with one attached hydrogen (secondary N) is 1. The SMILES string of the molecule is COC1Cc2ccccc2C(CCc2ccc(C(F)(F)F)cc2)(OC)N1. The van der Waals surface area contributed by atoms with Crippen LogP contribution in [0.3, 0.4) is 0 Å². The summed E-state index contributed by atoms with van der Waals surface area (Å²) in [5.74, 6) is 0. The quantitative estimate of drug-likeness (QED) is 0.859. The largest absolute Gasteiger partial charge is 0.416 e. The highest BCUT2D eigenvalue weighted by molar-refractivity contribution is 5.35. The summed E-state index contributed by atoms with van der Waals surface area (Å²) >= 11 is 0. The van der Waals surface area contributed by atoms with Gasteiger partial charge in [-0.1, -0.05) is 36.4 Å². The molecule has 1 aliphatic rings. The summed E-state index contributed by atoms with van der Waals surface area (Å²) in [5.41, 5.74) is 1.64. The zero-order chi connectivity index (χ0) is 18.8. The van der Waals surface area contributed by atoms with E-state index < -0.39 is 17.5 Å². The normalized spacial score (nSPS) is 22.9. The molecule has 1 N–H and O–H groups in total. The third-order valence-corrected chi connectivity index (χ3v) is 4.93. The first-order valence-corrected chi connectivity index (χ1v) is 8.48. The van der Waals surface area contributed by atoms with Crippen molar-refractivity contribution in [2.24, 2.45) is 0 Å². The number of alkyl halides is 3. The molecule has 0 bridgehead atoms. The lowest BCUT2D eigenvalue weighted by atomic mass is 9.86. The number of methoxy groups -OCH3 is 2. The Bertz CT molecular complexity index is 745. The second kappa shape index (κ2) is 7.39. The van der Waals surface area contributed by atoms with Crippen molar-refractivity contribution in [2.75, 3.05) is 14.2 Å². The van der Waals surface area contributed by atoms with Crippen LogP contribution in [0.2, 0.25) is 0 Å². The Balaban J connectivity index is 1.82. The smallest absolute Gasteiger partial charge is 0.366 e. The maximum Gasteiger partial charge on any atom is 0.416 e. The molecule has 1 heterocycles. The maximum absolute atomic E-state index is 12.7. The predicted molar refractivity (Wildman–Crippen MR) is 92.5 cm³/mol. The summed E-state index contributed by atoms with van der Waals surface area (Å²) in [6.07, 6.45) is -2.62. The molecule has 3 rings (SSSR count). The van der Waals surface area contributed by atoms with Gasteiger partial charge in [-0.05, 0) is 36.1 Å². The van der Waals surface area contributed by atoms with Gasteiger partial charge in [-0.25, -0.2) is 0 Å². The minimum atomic E-state index is -4.32. The second-order valence-corrected chi connectivity index (χ2v) is 6.46. The average Bonchev–Trinajstić information content (AvgIpc) is 2.65. The maximum atomic E-state index is 12.7. The van der Waals surface area contributed by atoms with Gasteiger partial charge in [0.05, 0.1) is 5.56 Å². The fraction of sp³-hybridized carbons (Fsp3) is 0.400. The molecular weight excluding hydrogens is 343 g/mol. The van der Waals surface area contributed by atoms with Crippen molar-refractivity contribution in [1.82, 2.24) is 5.32 Å². The molecule has 3 nitrogen and oxygen atoms in total. The molecule has 2 unspecified atom stereocenters. The van der Waals surface area contributed by atoms with Gasteiger partial charge in [-0.3, -0.25) is 5.32 Å². The van der Waals surface area contributed by atoms with Crippen molar-refractivity contribution >= 4 is 0 Å². The first-order valence-electron chi connectivity index (χ1n) is 8.48. The van der Waals surface area contributed by atoms with Crippen molar-refractivity contribution < 1.29 is 22.6 Å². The second-order valence-electron chi connectivity index (χ2n) is 6.46. The van der Waals surface area contributed by atoms with Crippen molar-refractivity contribution in [3.8, 4) is 0 Å². The summed E-state index contributed by atoms with van der Waals surface area (Å²) in [7, 11) is 3.27. The van der Waals surface area contributed by atoms with Gasteiger partial charge >= 0.3 is 6.18 Å². The molecule has 0 aromatic heterocycles. The van der Waals surface area contributed by atoms with Gasteiger partial charge < -0.3 is 9.47 Å². The van der Waals surface area contributed by atoms with Crippen molar-refractivity contribution in [1.29, 1.82) is 0 Å². The van der Waals surface area contributed by atoms with Crippen LogP contribution in [-0.4, -0.2) is 20.4 Å². The molecule has 0 radical (unpaired) electrons. The van der Waals surface area contributed by atoms with Crippen LogP contribution in [0.5, 0.6) is 0 Å². The molecule has 1 aliphatic heterocycles. The average molecular weight is 365 g/mol. The summed E-state index contributed by atoms with van der Waals surface area (Å²) < 4.78 is 49.5. The van der Waals surface area contributed by atoms with Gasteiger partial charge in [0.1, 0.15) is 12.0 Å². The van der Waals surface area contributed by atoms with E-state index in [4.69, 9.17) is 9.47 Å². The van der Waals surface area contributed by atoms with Crippen LogP contribution >= 0.6 is 0 Å². The van der Waals surface area contributed by atoms with Crippen LogP contribution in [0, 0.1) is 0 Å². The Kier molecular flexibility index (Phi) is 5.37. The van der Waals surface area contributed by atoms with E-state index in [1.807, 2.05) is 24.3 Å². The Hall–Kier alpha value is -1.89. The Morgan fingerprint density at radius 1 is 1.08 bits per heavy atom. The number of hydrogen-bond donors (Lipinski definition) is 1. The molecule has 0 spiro atoms. The van der Waals surface area contributed by atoms with Crippen LogP contribution < -0.4 is 5.32 Å². The number of halogens is 3. The molecule has 2 aromatic rings. The molecule has 2 atom stereocenters. The Labute approximate surface area is 151 Å². The highest BCUT2D eigenvalue weighted by Gasteiger charge is 2.40. The summed E-state index contributed by atoms with van der Waals surface area (Å²) in [4.78, 5) is 0. The van der Waals surface area contributed by atoms with Gasteiger partial charge in [-0.2, -0.15) is 13.2 Å². The minimum Gasteiger partial charge on any atom is -0.366 e. The van der Waals surface area contributed by atoms with Gasteiger partial charge in [0, 0.05) is 26.2 Å². The lowest BCUT2D eigenvalue weighted by Crippen LogP contribution is -2.54. The molecule has 140 valence electrons. The fourth-order valence-corrected chi connectivity index (χ4v) is 3.48. The molecule has 26 heavy (non-hydrogen) atoms. The van der Waals surface area contributed by atoms with E-state index in [1.54, 1.807) is 14.2 Å². The minimum absolute atomic E-state index is 0.183. The molecule has 2 aromatic carbocycles. The van der Waals surface area contributed by atoms with Crippen LogP contribution in [0.1, 0.15) is 28.7 Å². The topological polar surface area (TPSA) is 30.5 Å². The third-order valence-electron chi connectivity index (χ3n) is 4.93. The van der Waals surface area contributed by atoms with E-state index >= 15 is 0 Å². The Morgan fingerprint density at radius 2 is 1.77 bits per heavy atom. The van der Waals surface area contributed by atoms with Gasteiger partial charge in [0.2, 0.25) is 0 Å². The fourth-order valence-electron chi connectivity index (χ4n) is 3.48. The van der Waals surface area contributed by atoms with E-state index in [0.29, 0.717) is 12.8 Å². The molecule has 0 saturated heterocycles. The van der Waals surface area contributed by atoms with Crippen molar-refractivity contribution in [3.63, 3.8) is 0 Å². The summed E-state index contributed by atoms with van der Waals surface area (Å²) in [5, 5.41) is 3.40. The van der Waals surface area contributed by atoms with Gasteiger partial charge in [-0.15, -0.1) is 0 Å². The first kappa shape index (κ1) is 18.9. The summed E-state index contributed by atoms with van der Waals surface area (Å²) in [6, 6.07) is 13.3. The lowest BCUT2D eigenvalue weighted by molar-refractivity contribution is -0.137. The number of benzene rings is 2. The van der Waals surface area contributed by atoms with E-state index in [1.165, 1.54) is 12.1 Å². The lowest BCUT2D eigenvalue weighted by Gasteiger charge is -2.42. The molecule has 6 heteroatoms. The highest BCUT2D eigenvalue weighted by Crippen LogP contribution is 2.36. The zero-order valence-electron chi connectivity index (χ0n) is 14.8. The van der Waals surface area contributed by atoms with Gasteiger partial charge in [0.25, 0.3) is 0 Å². The standard InChI is InChI=1S/C20H22F3NO2/c1-25-18-13-15-5-3-4-6-17(15)19(24-18,26-2)12-11-14-7-9-16(10-8-14)20(21,22)23/h3-10,18,24H,11-13H2,1-2H3. The van der Waals surface area contributed by atoms with E-state index in [-0.39, 0.29) is 6.23 Å². The van der Waals surface area contributed by atoms with Crippen molar-refractivity contribution in [3.05, 3.63) is 70.8 Å². The van der Waals surface area contributed by atoms with Crippen LogP contribution in [0.15, 0.2) is 48.5 Å². The third kappa shape index (κ3) is 3.77. The van der Waals surface area contributed by atoms with Crippen LogP contribution in [0.25, 0.3) is 0 Å². The Morgan fingerprint density at radius 3 is 2.38 bits per heavy atom. The predicted octanol–water partition coefficient (Wildman–Crippen LogP) is 4.26. The molecule has 0 fully saturated rings.